The molecular formula is C14H16ClF3N2O. The van der Waals surface area contributed by atoms with Gasteiger partial charge in [0.05, 0.1) is 10.6 Å². The number of nitrogens with one attached hydrogen (secondary N) is 2. The van der Waals surface area contributed by atoms with Crippen molar-refractivity contribution >= 4 is 17.5 Å². The van der Waals surface area contributed by atoms with Crippen molar-refractivity contribution in [3.63, 3.8) is 0 Å². The van der Waals surface area contributed by atoms with Gasteiger partial charge in [0.2, 0.25) is 5.91 Å². The van der Waals surface area contributed by atoms with Gasteiger partial charge in [0.15, 0.2) is 0 Å². The highest BCUT2D eigenvalue weighted by Crippen LogP contribution is 2.35. The van der Waals surface area contributed by atoms with E-state index in [1.54, 1.807) is 0 Å². The molecule has 1 aromatic rings. The molecule has 2 rings (SSSR count). The van der Waals surface area contributed by atoms with E-state index in [1.165, 1.54) is 12.1 Å². The fourth-order valence-corrected chi connectivity index (χ4v) is 2.55. The Hall–Kier alpha value is -1.27. The van der Waals surface area contributed by atoms with Gasteiger partial charge in [-0.15, -0.1) is 0 Å². The van der Waals surface area contributed by atoms with Crippen LogP contribution >= 0.6 is 11.6 Å². The zero-order valence-electron chi connectivity index (χ0n) is 11.3. The monoisotopic (exact) mass is 320 g/mol. The summed E-state index contributed by atoms with van der Waals surface area (Å²) in [6, 6.07) is 3.65. The molecular weight excluding hydrogens is 305 g/mol. The van der Waals surface area contributed by atoms with Crippen LogP contribution in [0, 0.1) is 5.92 Å². The Morgan fingerprint density at radius 3 is 2.81 bits per heavy atom. The summed E-state index contributed by atoms with van der Waals surface area (Å²) in [7, 11) is 0. The van der Waals surface area contributed by atoms with Crippen molar-refractivity contribution in [2.24, 2.45) is 5.92 Å². The Labute approximate surface area is 125 Å². The largest absolute Gasteiger partial charge is 0.417 e. The normalized spacial score (nSPS) is 18.8. The zero-order chi connectivity index (χ0) is 15.5. The van der Waals surface area contributed by atoms with Crippen molar-refractivity contribution in [1.29, 1.82) is 0 Å². The lowest BCUT2D eigenvalue weighted by Crippen LogP contribution is -2.26. The first-order valence-electron chi connectivity index (χ1n) is 6.69. The van der Waals surface area contributed by atoms with Gasteiger partial charge in [0, 0.05) is 13.0 Å². The summed E-state index contributed by atoms with van der Waals surface area (Å²) in [6.45, 7) is 1.79. The van der Waals surface area contributed by atoms with Crippen LogP contribution in [0.2, 0.25) is 5.02 Å². The second-order valence-corrected chi connectivity index (χ2v) is 5.56. The minimum Gasteiger partial charge on any atom is -0.352 e. The maximum Gasteiger partial charge on any atom is 0.417 e. The summed E-state index contributed by atoms with van der Waals surface area (Å²) in [5.41, 5.74) is -0.500. The second-order valence-electron chi connectivity index (χ2n) is 5.15. The number of amides is 1. The van der Waals surface area contributed by atoms with Gasteiger partial charge in [-0.25, -0.2) is 0 Å². The zero-order valence-corrected chi connectivity index (χ0v) is 12.0. The molecule has 1 saturated heterocycles. The van der Waals surface area contributed by atoms with Crippen LogP contribution in [-0.4, -0.2) is 19.0 Å². The molecule has 1 aliphatic rings. The van der Waals surface area contributed by atoms with Gasteiger partial charge in [0.25, 0.3) is 0 Å². The number of carbonyl (C=O) groups is 1. The Kier molecular flexibility index (Phi) is 5.11. The van der Waals surface area contributed by atoms with Crippen LogP contribution in [0.5, 0.6) is 0 Å². The van der Waals surface area contributed by atoms with Gasteiger partial charge in [-0.3, -0.25) is 4.79 Å². The Bertz CT molecular complexity index is 513. The average Bonchev–Trinajstić information content (AvgIpc) is 2.89. The van der Waals surface area contributed by atoms with E-state index in [0.717, 1.165) is 25.6 Å². The highest BCUT2D eigenvalue weighted by molar-refractivity contribution is 6.31. The molecule has 0 aromatic heterocycles. The smallest absolute Gasteiger partial charge is 0.352 e. The van der Waals surface area contributed by atoms with Crippen LogP contribution in [0.4, 0.5) is 13.2 Å². The van der Waals surface area contributed by atoms with Crippen LogP contribution in [0.3, 0.4) is 0 Å². The molecule has 1 heterocycles. The molecule has 21 heavy (non-hydrogen) atoms. The average molecular weight is 321 g/mol. The molecule has 0 unspecified atom stereocenters. The minimum absolute atomic E-state index is 0.0687. The third-order valence-corrected chi connectivity index (χ3v) is 3.79. The Balaban J connectivity index is 1.92. The Morgan fingerprint density at radius 2 is 2.19 bits per heavy atom. The van der Waals surface area contributed by atoms with E-state index in [-0.39, 0.29) is 17.5 Å². The lowest BCUT2D eigenvalue weighted by Gasteiger charge is -2.12. The van der Waals surface area contributed by atoms with E-state index in [9.17, 15) is 18.0 Å². The minimum atomic E-state index is -4.49. The Morgan fingerprint density at radius 1 is 1.43 bits per heavy atom. The van der Waals surface area contributed by atoms with E-state index in [2.05, 4.69) is 10.6 Å². The predicted octanol–water partition coefficient (Wildman–Crippen LogP) is 2.97. The fourth-order valence-electron chi connectivity index (χ4n) is 2.32. The van der Waals surface area contributed by atoms with Gasteiger partial charge < -0.3 is 10.6 Å². The van der Waals surface area contributed by atoms with Crippen LogP contribution in [0.1, 0.15) is 24.0 Å². The molecule has 3 nitrogen and oxygen atoms in total. The molecule has 0 saturated carbocycles. The summed E-state index contributed by atoms with van der Waals surface area (Å²) in [6.07, 6.45) is -3.15. The number of hydrogen-bond acceptors (Lipinski definition) is 2. The van der Waals surface area contributed by atoms with Crippen molar-refractivity contribution in [3.8, 4) is 0 Å². The lowest BCUT2D eigenvalue weighted by molar-refractivity contribution is -0.137. The van der Waals surface area contributed by atoms with Crippen LogP contribution < -0.4 is 10.6 Å². The first-order valence-corrected chi connectivity index (χ1v) is 7.07. The van der Waals surface area contributed by atoms with Crippen LogP contribution in [0.15, 0.2) is 18.2 Å². The van der Waals surface area contributed by atoms with Crippen molar-refractivity contribution in [3.05, 3.63) is 34.3 Å². The molecule has 1 amide bonds. The fraction of sp³-hybridized carbons (Fsp3) is 0.500. The number of alkyl halides is 3. The third-order valence-electron chi connectivity index (χ3n) is 3.46. The van der Waals surface area contributed by atoms with Crippen molar-refractivity contribution in [2.45, 2.75) is 25.6 Å². The third kappa shape index (κ3) is 4.61. The number of rotatable bonds is 4. The number of benzene rings is 1. The van der Waals surface area contributed by atoms with Gasteiger partial charge in [-0.05, 0) is 43.1 Å². The van der Waals surface area contributed by atoms with E-state index < -0.39 is 11.7 Å². The SMILES string of the molecule is O=C(C[C@@H]1CCNC1)NCc1ccc(Cl)c(C(F)(F)F)c1. The topological polar surface area (TPSA) is 41.1 Å². The van der Waals surface area contributed by atoms with Gasteiger partial charge >= 0.3 is 6.18 Å². The first kappa shape index (κ1) is 16.1. The lowest BCUT2D eigenvalue weighted by atomic mass is 10.0. The number of halogens is 4. The molecule has 1 fully saturated rings. The molecule has 1 aromatic carbocycles. The van der Waals surface area contributed by atoms with E-state index in [1.807, 2.05) is 0 Å². The van der Waals surface area contributed by atoms with Crippen molar-refractivity contribution in [2.75, 3.05) is 13.1 Å². The van der Waals surface area contributed by atoms with Gasteiger partial charge in [-0.1, -0.05) is 17.7 Å². The number of carbonyl (C=O) groups excluding carboxylic acids is 1. The first-order chi connectivity index (χ1) is 9.86. The highest BCUT2D eigenvalue weighted by Gasteiger charge is 2.33. The maximum absolute atomic E-state index is 12.7. The molecule has 1 atom stereocenters. The summed E-state index contributed by atoms with van der Waals surface area (Å²) in [5, 5.41) is 5.47. The van der Waals surface area contributed by atoms with E-state index >= 15 is 0 Å². The molecule has 116 valence electrons. The molecule has 0 aliphatic carbocycles. The quantitative estimate of drug-likeness (QED) is 0.895. The maximum atomic E-state index is 12.7. The molecule has 1 aliphatic heterocycles. The summed E-state index contributed by atoms with van der Waals surface area (Å²) >= 11 is 5.54. The summed E-state index contributed by atoms with van der Waals surface area (Å²) in [4.78, 5) is 11.7. The summed E-state index contributed by atoms with van der Waals surface area (Å²) in [5.74, 6) is 0.160. The van der Waals surface area contributed by atoms with Crippen LogP contribution in [-0.2, 0) is 17.5 Å². The molecule has 0 spiro atoms. The standard InChI is InChI=1S/C14H16ClF3N2O/c15-12-2-1-9(5-11(12)14(16,17)18)8-20-13(21)6-10-3-4-19-7-10/h1-2,5,10,19H,3-4,6-8H2,(H,20,21)/t10-/m0/s1. The molecule has 7 heteroatoms. The van der Waals surface area contributed by atoms with Gasteiger partial charge in [-0.2, -0.15) is 13.2 Å². The van der Waals surface area contributed by atoms with Crippen molar-refractivity contribution in [1.82, 2.24) is 10.6 Å². The summed E-state index contributed by atoms with van der Waals surface area (Å²) < 4.78 is 38.2. The second kappa shape index (κ2) is 6.66. The highest BCUT2D eigenvalue weighted by atomic mass is 35.5. The van der Waals surface area contributed by atoms with E-state index in [0.29, 0.717) is 17.9 Å². The van der Waals surface area contributed by atoms with Crippen LogP contribution in [0.25, 0.3) is 0 Å². The molecule has 0 bridgehead atoms. The van der Waals surface area contributed by atoms with Crippen molar-refractivity contribution < 1.29 is 18.0 Å². The molecule has 2 N–H and O–H groups in total. The predicted molar refractivity (Wildman–Crippen MR) is 73.9 cm³/mol. The van der Waals surface area contributed by atoms with E-state index in [4.69, 9.17) is 11.6 Å². The number of hydrogen-bond donors (Lipinski definition) is 2. The molecule has 0 radical (unpaired) electrons. The van der Waals surface area contributed by atoms with Gasteiger partial charge in [0.1, 0.15) is 0 Å².